The Bertz CT molecular complexity index is 18.0. The van der Waals surface area contributed by atoms with Crippen molar-refractivity contribution >= 4 is 0 Å². The van der Waals surface area contributed by atoms with Gasteiger partial charge in [-0.05, 0) is 0 Å². The van der Waals surface area contributed by atoms with Crippen LogP contribution >= 0.6 is 0 Å². The number of hydrogen-bond donors (Lipinski definition) is 2. The largest absolute Gasteiger partial charge is 2.00 e. The summed E-state index contributed by atoms with van der Waals surface area (Å²) < 4.78 is 0. The molecular formula is C2H8Cl2N2Zn2+2. The molecule has 0 bridgehead atoms. The van der Waals surface area contributed by atoms with Gasteiger partial charge in [-0.2, -0.15) is 0 Å². The van der Waals surface area contributed by atoms with Crippen LogP contribution in [0.5, 0.6) is 0 Å². The van der Waals surface area contributed by atoms with Crippen molar-refractivity contribution in [3.63, 3.8) is 0 Å². The average Bonchev–Trinajstić information content (AvgIpc) is 1.37. The summed E-state index contributed by atoms with van der Waals surface area (Å²) in [6, 6.07) is 0. The zero-order valence-corrected chi connectivity index (χ0v) is 12.2. The Hall–Kier alpha value is 1.75. The van der Waals surface area contributed by atoms with Gasteiger partial charge in [-0.25, -0.2) is 0 Å². The Balaban J connectivity index is -0.00000000750. The second-order valence-corrected chi connectivity index (χ2v) is 0.577. The summed E-state index contributed by atoms with van der Waals surface area (Å²) in [6.45, 7) is 1.19. The molecule has 0 spiro atoms. The molecule has 2 nitrogen and oxygen atoms in total. The van der Waals surface area contributed by atoms with Crippen LogP contribution in [0.4, 0.5) is 0 Å². The SMILES string of the molecule is NCCN.[Cl-].[Cl-].[Zn+2].[Zn+2]. The third kappa shape index (κ3) is 46.7. The van der Waals surface area contributed by atoms with Crippen LogP contribution in [0.1, 0.15) is 0 Å². The van der Waals surface area contributed by atoms with Crippen LogP contribution in [0.25, 0.3) is 0 Å². The van der Waals surface area contributed by atoms with E-state index >= 15 is 0 Å². The summed E-state index contributed by atoms with van der Waals surface area (Å²) in [5, 5.41) is 0. The number of rotatable bonds is 1. The molecule has 0 atom stereocenters. The van der Waals surface area contributed by atoms with E-state index in [1.165, 1.54) is 0 Å². The molecule has 0 radical (unpaired) electrons. The van der Waals surface area contributed by atoms with E-state index in [9.17, 15) is 0 Å². The van der Waals surface area contributed by atoms with E-state index in [1.807, 2.05) is 0 Å². The minimum atomic E-state index is 0. The van der Waals surface area contributed by atoms with Crippen LogP contribution in [0.2, 0.25) is 0 Å². The maximum atomic E-state index is 4.90. The molecule has 0 saturated carbocycles. The van der Waals surface area contributed by atoms with Gasteiger partial charge in [-0.1, -0.05) is 0 Å². The Morgan fingerprint density at radius 3 is 0.875 bits per heavy atom. The molecule has 0 aliphatic heterocycles. The fourth-order valence-corrected chi connectivity index (χ4v) is 0. The first-order valence-electron chi connectivity index (χ1n) is 1.32. The van der Waals surface area contributed by atoms with Crippen molar-refractivity contribution in [2.75, 3.05) is 13.1 Å². The van der Waals surface area contributed by atoms with Crippen molar-refractivity contribution in [3.05, 3.63) is 0 Å². The second kappa shape index (κ2) is 37.4. The zero-order valence-electron chi connectivity index (χ0n) is 4.74. The van der Waals surface area contributed by atoms with Gasteiger partial charge < -0.3 is 36.3 Å². The fourth-order valence-electron chi connectivity index (χ4n) is 0. The first-order chi connectivity index (χ1) is 1.91. The normalized spacial score (nSPS) is 3.75. The van der Waals surface area contributed by atoms with Gasteiger partial charge in [0.2, 0.25) is 0 Å². The molecule has 0 aliphatic rings. The van der Waals surface area contributed by atoms with Crippen LogP contribution in [0.3, 0.4) is 0 Å². The van der Waals surface area contributed by atoms with E-state index in [2.05, 4.69) is 0 Å². The van der Waals surface area contributed by atoms with E-state index in [-0.39, 0.29) is 63.8 Å². The van der Waals surface area contributed by atoms with Gasteiger partial charge in [-0.3, -0.25) is 0 Å². The van der Waals surface area contributed by atoms with Crippen LogP contribution in [0, 0.1) is 0 Å². The Morgan fingerprint density at radius 1 is 0.750 bits per heavy atom. The summed E-state index contributed by atoms with van der Waals surface area (Å²) in [4.78, 5) is 0. The van der Waals surface area contributed by atoms with Gasteiger partial charge in [-0.15, -0.1) is 0 Å². The van der Waals surface area contributed by atoms with Crippen molar-refractivity contribution in [2.45, 2.75) is 0 Å². The first kappa shape index (κ1) is 33.1. The second-order valence-electron chi connectivity index (χ2n) is 0.577. The molecule has 0 unspecified atom stereocenters. The predicted octanol–water partition coefficient (Wildman–Crippen LogP) is -7.09. The van der Waals surface area contributed by atoms with Gasteiger partial charge in [0.1, 0.15) is 0 Å². The monoisotopic (exact) mass is 258 g/mol. The molecule has 6 heteroatoms. The molecule has 0 aliphatic carbocycles. The van der Waals surface area contributed by atoms with Crippen molar-refractivity contribution in [2.24, 2.45) is 11.5 Å². The first-order valence-corrected chi connectivity index (χ1v) is 1.32. The Kier molecular flexibility index (Phi) is 155. The summed E-state index contributed by atoms with van der Waals surface area (Å²) in [6.07, 6.45) is 0. The smallest absolute Gasteiger partial charge is 1.00 e. The van der Waals surface area contributed by atoms with Crippen molar-refractivity contribution < 1.29 is 63.8 Å². The van der Waals surface area contributed by atoms with Gasteiger partial charge >= 0.3 is 39.0 Å². The molecule has 42 valence electrons. The standard InChI is InChI=1S/C2H8N2.2ClH.2Zn/c3-1-2-4;;;;/h1-4H2;2*1H;;/q;;;2*+2/p-2. The third-order valence-corrected chi connectivity index (χ3v) is 0.167. The molecule has 0 aromatic heterocycles. The topological polar surface area (TPSA) is 52.0 Å². The Labute approximate surface area is 87.9 Å². The van der Waals surface area contributed by atoms with Crippen LogP contribution in [0.15, 0.2) is 0 Å². The molecule has 0 aromatic rings. The number of nitrogens with two attached hydrogens (primary N) is 2. The van der Waals surface area contributed by atoms with Gasteiger partial charge in [0.25, 0.3) is 0 Å². The minimum Gasteiger partial charge on any atom is -1.00 e. The third-order valence-electron chi connectivity index (χ3n) is 0.167. The molecule has 0 fully saturated rings. The van der Waals surface area contributed by atoms with E-state index < -0.39 is 0 Å². The maximum absolute atomic E-state index is 4.90. The van der Waals surface area contributed by atoms with Gasteiger partial charge in [0.15, 0.2) is 0 Å². The summed E-state index contributed by atoms with van der Waals surface area (Å²) in [5.41, 5.74) is 9.81. The fraction of sp³-hybridized carbons (Fsp3) is 1.00. The molecule has 4 N–H and O–H groups in total. The number of hydrogen-bond acceptors (Lipinski definition) is 2. The zero-order chi connectivity index (χ0) is 3.41. The molecule has 0 saturated heterocycles. The van der Waals surface area contributed by atoms with E-state index in [0.29, 0.717) is 13.1 Å². The Morgan fingerprint density at radius 2 is 0.875 bits per heavy atom. The molecule has 0 rings (SSSR count). The van der Waals surface area contributed by atoms with Crippen LogP contribution in [-0.2, 0) is 39.0 Å². The van der Waals surface area contributed by atoms with Crippen molar-refractivity contribution in [1.29, 1.82) is 0 Å². The van der Waals surface area contributed by atoms with Gasteiger partial charge in [0.05, 0.1) is 0 Å². The predicted molar refractivity (Wildman–Crippen MR) is 18.1 cm³/mol. The summed E-state index contributed by atoms with van der Waals surface area (Å²) in [5.74, 6) is 0. The molecule has 0 amide bonds. The van der Waals surface area contributed by atoms with Crippen LogP contribution < -0.4 is 36.3 Å². The van der Waals surface area contributed by atoms with E-state index in [0.717, 1.165) is 0 Å². The minimum absolute atomic E-state index is 0. The number of halogens is 2. The summed E-state index contributed by atoms with van der Waals surface area (Å²) in [7, 11) is 0. The molecule has 0 aromatic carbocycles. The van der Waals surface area contributed by atoms with E-state index in [1.54, 1.807) is 0 Å². The van der Waals surface area contributed by atoms with Crippen LogP contribution in [-0.4, -0.2) is 13.1 Å². The van der Waals surface area contributed by atoms with Crippen molar-refractivity contribution in [1.82, 2.24) is 0 Å². The van der Waals surface area contributed by atoms with Crippen molar-refractivity contribution in [3.8, 4) is 0 Å². The molecule has 0 heterocycles. The average molecular weight is 262 g/mol. The quantitative estimate of drug-likeness (QED) is 0.461. The molecule has 8 heavy (non-hydrogen) atoms. The molecular weight excluding hydrogens is 254 g/mol. The summed E-state index contributed by atoms with van der Waals surface area (Å²) >= 11 is 0. The van der Waals surface area contributed by atoms with E-state index in [4.69, 9.17) is 11.5 Å². The van der Waals surface area contributed by atoms with Gasteiger partial charge in [0, 0.05) is 13.1 Å². The maximum Gasteiger partial charge on any atom is 2.00 e.